The lowest BCUT2D eigenvalue weighted by atomic mass is 9.97. The topological polar surface area (TPSA) is 39.1 Å². The highest BCUT2D eigenvalue weighted by Gasteiger charge is 2.19. The van der Waals surface area contributed by atoms with Gasteiger partial charge in [0.1, 0.15) is 5.54 Å². The van der Waals surface area contributed by atoms with Crippen LogP contribution in [0.2, 0.25) is 0 Å². The average Bonchev–Trinajstić information content (AvgIpc) is 2.34. The Morgan fingerprint density at radius 1 is 1.12 bits per heavy atom. The predicted octanol–water partition coefficient (Wildman–Crippen LogP) is 2.78. The first-order chi connectivity index (χ1) is 8.11. The monoisotopic (exact) mass is 239 g/mol. The molecule has 0 rings (SSSR count). The second-order valence-corrected chi connectivity index (χ2v) is 4.99. The molecule has 0 bridgehead atoms. The smallest absolute Gasteiger partial charge is 0.103 e. The number of unbranched alkanes of at least 4 members (excludes halogenated alkanes) is 1. The summed E-state index contributed by atoms with van der Waals surface area (Å²) < 4.78 is 0. The van der Waals surface area contributed by atoms with Crippen LogP contribution >= 0.6 is 0 Å². The Morgan fingerprint density at radius 3 is 2.12 bits per heavy atom. The van der Waals surface area contributed by atoms with Gasteiger partial charge in [-0.05, 0) is 65.7 Å². The zero-order chi connectivity index (χ0) is 13.1. The van der Waals surface area contributed by atoms with Gasteiger partial charge in [0.15, 0.2) is 0 Å². The Labute approximate surface area is 107 Å². The molecule has 0 aliphatic carbocycles. The lowest BCUT2D eigenvalue weighted by Crippen LogP contribution is -2.38. The maximum Gasteiger partial charge on any atom is 0.103 e. The van der Waals surface area contributed by atoms with Crippen LogP contribution in [0.1, 0.15) is 52.9 Å². The minimum Gasteiger partial charge on any atom is -0.303 e. The van der Waals surface area contributed by atoms with Crippen LogP contribution in [0.25, 0.3) is 0 Å². The lowest BCUT2D eigenvalue weighted by Gasteiger charge is -2.23. The summed E-state index contributed by atoms with van der Waals surface area (Å²) in [5.74, 6) is 0. The van der Waals surface area contributed by atoms with Gasteiger partial charge in [0.25, 0.3) is 0 Å². The van der Waals surface area contributed by atoms with Crippen molar-refractivity contribution in [2.45, 2.75) is 58.4 Å². The molecular formula is C14H29N3. The molecule has 0 aromatic heterocycles. The normalized spacial score (nSPS) is 14.6. The Hall–Kier alpha value is -0.590. The van der Waals surface area contributed by atoms with E-state index in [0.717, 1.165) is 12.8 Å². The Balaban J connectivity index is 3.78. The van der Waals surface area contributed by atoms with E-state index >= 15 is 0 Å². The van der Waals surface area contributed by atoms with E-state index in [2.05, 4.69) is 30.1 Å². The van der Waals surface area contributed by atoms with E-state index < -0.39 is 0 Å². The number of nitrogens with one attached hydrogen (secondary N) is 1. The quantitative estimate of drug-likeness (QED) is 0.596. The third-order valence-corrected chi connectivity index (χ3v) is 3.28. The fourth-order valence-corrected chi connectivity index (χ4v) is 2.02. The zero-order valence-corrected chi connectivity index (χ0v) is 12.1. The van der Waals surface area contributed by atoms with Gasteiger partial charge in [0.2, 0.25) is 0 Å². The van der Waals surface area contributed by atoms with Gasteiger partial charge in [-0.2, -0.15) is 5.26 Å². The molecule has 0 aliphatic heterocycles. The molecule has 0 spiro atoms. The van der Waals surface area contributed by atoms with Crippen LogP contribution in [-0.4, -0.2) is 37.1 Å². The highest BCUT2D eigenvalue weighted by Crippen LogP contribution is 2.12. The summed E-state index contributed by atoms with van der Waals surface area (Å²) >= 11 is 0. The molecule has 0 radical (unpaired) electrons. The molecule has 1 atom stereocenters. The van der Waals surface area contributed by atoms with Gasteiger partial charge in [-0.1, -0.05) is 13.8 Å². The number of nitrogens with zero attached hydrogens (tertiary/aromatic N) is 2. The maximum atomic E-state index is 9.04. The fourth-order valence-electron chi connectivity index (χ4n) is 2.02. The fraction of sp³-hybridized carbons (Fsp3) is 0.929. The van der Waals surface area contributed by atoms with Crippen LogP contribution in [-0.2, 0) is 0 Å². The summed E-state index contributed by atoms with van der Waals surface area (Å²) in [7, 11) is 1.86. The van der Waals surface area contributed by atoms with E-state index in [-0.39, 0.29) is 5.54 Å². The highest BCUT2D eigenvalue weighted by atomic mass is 15.1. The van der Waals surface area contributed by atoms with Gasteiger partial charge in [0.05, 0.1) is 6.07 Å². The third-order valence-electron chi connectivity index (χ3n) is 3.28. The summed E-state index contributed by atoms with van der Waals surface area (Å²) in [6.07, 6.45) is 5.71. The summed E-state index contributed by atoms with van der Waals surface area (Å²) in [5.41, 5.74) is -0.347. The number of rotatable bonds is 10. The molecule has 1 N–H and O–H groups in total. The van der Waals surface area contributed by atoms with Gasteiger partial charge in [-0.3, -0.25) is 0 Å². The largest absolute Gasteiger partial charge is 0.303 e. The van der Waals surface area contributed by atoms with Crippen molar-refractivity contribution < 1.29 is 0 Å². The van der Waals surface area contributed by atoms with Crippen molar-refractivity contribution in [1.29, 1.82) is 5.26 Å². The van der Waals surface area contributed by atoms with Crippen LogP contribution in [0.3, 0.4) is 0 Å². The highest BCUT2D eigenvalue weighted by molar-refractivity contribution is 5.02. The van der Waals surface area contributed by atoms with E-state index in [0.29, 0.717) is 0 Å². The summed E-state index contributed by atoms with van der Waals surface area (Å²) in [5, 5.41) is 12.1. The van der Waals surface area contributed by atoms with E-state index in [1.54, 1.807) is 0 Å². The lowest BCUT2D eigenvalue weighted by molar-refractivity contribution is 0.264. The molecule has 0 amide bonds. The summed E-state index contributed by atoms with van der Waals surface area (Å²) in [4.78, 5) is 2.53. The van der Waals surface area contributed by atoms with Gasteiger partial charge in [-0.15, -0.1) is 0 Å². The van der Waals surface area contributed by atoms with Crippen LogP contribution in [0.4, 0.5) is 0 Å². The van der Waals surface area contributed by atoms with Crippen molar-refractivity contribution in [3.63, 3.8) is 0 Å². The number of nitriles is 1. The van der Waals surface area contributed by atoms with E-state index in [9.17, 15) is 0 Å². The summed E-state index contributed by atoms with van der Waals surface area (Å²) in [6.45, 7) is 10.0. The first kappa shape index (κ1) is 16.4. The van der Waals surface area contributed by atoms with E-state index in [1.807, 2.05) is 14.0 Å². The second-order valence-electron chi connectivity index (χ2n) is 4.99. The molecule has 3 heteroatoms. The van der Waals surface area contributed by atoms with Crippen molar-refractivity contribution in [1.82, 2.24) is 10.2 Å². The van der Waals surface area contributed by atoms with Crippen LogP contribution in [0.15, 0.2) is 0 Å². The molecule has 0 aromatic rings. The molecular weight excluding hydrogens is 210 g/mol. The van der Waals surface area contributed by atoms with Gasteiger partial charge in [0, 0.05) is 0 Å². The molecule has 0 saturated heterocycles. The van der Waals surface area contributed by atoms with Crippen LogP contribution in [0, 0.1) is 11.3 Å². The van der Waals surface area contributed by atoms with Crippen molar-refractivity contribution >= 4 is 0 Å². The van der Waals surface area contributed by atoms with Gasteiger partial charge < -0.3 is 10.2 Å². The van der Waals surface area contributed by atoms with Crippen LogP contribution < -0.4 is 5.32 Å². The summed E-state index contributed by atoms with van der Waals surface area (Å²) in [6, 6.07) is 2.34. The molecule has 0 aromatic carbocycles. The SMILES string of the molecule is CCCN(CCC)CCCCC(C)(C#N)NC. The van der Waals surface area contributed by atoms with E-state index in [4.69, 9.17) is 5.26 Å². The molecule has 0 saturated carbocycles. The van der Waals surface area contributed by atoms with Crippen molar-refractivity contribution in [2.24, 2.45) is 0 Å². The minimum absolute atomic E-state index is 0.347. The van der Waals surface area contributed by atoms with Crippen molar-refractivity contribution in [3.8, 4) is 6.07 Å². The average molecular weight is 239 g/mol. The van der Waals surface area contributed by atoms with Crippen LogP contribution in [0.5, 0.6) is 0 Å². The first-order valence-electron chi connectivity index (χ1n) is 6.94. The number of hydrogen-bond donors (Lipinski definition) is 1. The molecule has 100 valence electrons. The standard InChI is InChI=1S/C14H29N3/c1-5-10-17(11-6-2)12-8-7-9-14(3,13-15)16-4/h16H,5-12H2,1-4H3. The Kier molecular flexibility index (Phi) is 9.11. The molecule has 17 heavy (non-hydrogen) atoms. The maximum absolute atomic E-state index is 9.04. The zero-order valence-electron chi connectivity index (χ0n) is 12.1. The Bertz CT molecular complexity index is 216. The third kappa shape index (κ3) is 7.36. The van der Waals surface area contributed by atoms with Crippen molar-refractivity contribution in [2.75, 3.05) is 26.7 Å². The molecule has 1 unspecified atom stereocenters. The second kappa shape index (κ2) is 9.44. The van der Waals surface area contributed by atoms with Gasteiger partial charge in [-0.25, -0.2) is 0 Å². The minimum atomic E-state index is -0.347. The molecule has 0 fully saturated rings. The Morgan fingerprint density at radius 2 is 1.71 bits per heavy atom. The first-order valence-corrected chi connectivity index (χ1v) is 6.94. The predicted molar refractivity (Wildman–Crippen MR) is 74.0 cm³/mol. The molecule has 3 nitrogen and oxygen atoms in total. The molecule has 0 aliphatic rings. The van der Waals surface area contributed by atoms with E-state index in [1.165, 1.54) is 38.9 Å². The number of hydrogen-bond acceptors (Lipinski definition) is 3. The van der Waals surface area contributed by atoms with Gasteiger partial charge >= 0.3 is 0 Å². The van der Waals surface area contributed by atoms with Crippen molar-refractivity contribution in [3.05, 3.63) is 0 Å². The molecule has 0 heterocycles.